The minimum atomic E-state index is -3.53. The molecule has 0 saturated heterocycles. The summed E-state index contributed by atoms with van der Waals surface area (Å²) in [5.74, 6) is -0.393. The molecule has 1 aliphatic rings. The molecular weight excluding hydrogens is 314 g/mol. The standard InChI is InChI=1S/C17H19NO4S/c19-17(18-11-14-7-4-10-22-14)12-23(20,21)16-9-3-6-13-5-1-2-8-15(13)16/h1-2,4-5,7-8,10,16H,3,6,9,11-12H2,(H,18,19). The van der Waals surface area contributed by atoms with Crippen molar-refractivity contribution in [1.82, 2.24) is 5.32 Å². The lowest BCUT2D eigenvalue weighted by Gasteiger charge is -2.25. The Morgan fingerprint density at radius 1 is 1.22 bits per heavy atom. The monoisotopic (exact) mass is 333 g/mol. The normalized spacial score (nSPS) is 17.5. The molecule has 1 heterocycles. The third-order valence-corrected chi connectivity index (χ3v) is 6.14. The maximum atomic E-state index is 12.6. The van der Waals surface area contributed by atoms with E-state index in [1.54, 1.807) is 12.1 Å². The third-order valence-electron chi connectivity index (χ3n) is 4.12. The van der Waals surface area contributed by atoms with Gasteiger partial charge < -0.3 is 9.73 Å². The first-order valence-electron chi connectivity index (χ1n) is 7.65. The van der Waals surface area contributed by atoms with Gasteiger partial charge in [0.25, 0.3) is 0 Å². The summed E-state index contributed by atoms with van der Waals surface area (Å²) >= 11 is 0. The fourth-order valence-corrected chi connectivity index (χ4v) is 4.83. The summed E-state index contributed by atoms with van der Waals surface area (Å²) in [6.07, 6.45) is 3.81. The van der Waals surface area contributed by atoms with Crippen LogP contribution in [0.5, 0.6) is 0 Å². The number of aryl methyl sites for hydroxylation is 1. The Morgan fingerprint density at radius 3 is 2.83 bits per heavy atom. The zero-order valence-electron chi connectivity index (χ0n) is 12.7. The summed E-state index contributed by atoms with van der Waals surface area (Å²) in [5.41, 5.74) is 1.92. The molecule has 23 heavy (non-hydrogen) atoms. The number of carbonyl (C=O) groups is 1. The molecular formula is C17H19NO4S. The molecule has 0 saturated carbocycles. The Hall–Kier alpha value is -2.08. The number of nitrogens with one attached hydrogen (secondary N) is 1. The third kappa shape index (κ3) is 3.64. The predicted molar refractivity (Wildman–Crippen MR) is 86.5 cm³/mol. The molecule has 0 fully saturated rings. The Balaban J connectivity index is 1.68. The largest absolute Gasteiger partial charge is 0.467 e. The van der Waals surface area contributed by atoms with E-state index in [0.29, 0.717) is 12.2 Å². The number of fused-ring (bicyclic) bond motifs is 1. The average molecular weight is 333 g/mol. The first-order valence-corrected chi connectivity index (χ1v) is 9.36. The van der Waals surface area contributed by atoms with E-state index in [-0.39, 0.29) is 6.54 Å². The molecule has 0 radical (unpaired) electrons. The van der Waals surface area contributed by atoms with Gasteiger partial charge >= 0.3 is 0 Å². The quantitative estimate of drug-likeness (QED) is 0.911. The van der Waals surface area contributed by atoms with Crippen LogP contribution in [0.2, 0.25) is 0 Å². The molecule has 0 aliphatic heterocycles. The van der Waals surface area contributed by atoms with Crippen molar-refractivity contribution >= 4 is 15.7 Å². The van der Waals surface area contributed by atoms with Crippen molar-refractivity contribution in [2.24, 2.45) is 0 Å². The zero-order valence-corrected chi connectivity index (χ0v) is 13.5. The van der Waals surface area contributed by atoms with Crippen LogP contribution in [0, 0.1) is 0 Å². The van der Waals surface area contributed by atoms with Crippen LogP contribution in [-0.4, -0.2) is 20.1 Å². The molecule has 1 unspecified atom stereocenters. The van der Waals surface area contributed by atoms with Gasteiger partial charge in [-0.15, -0.1) is 0 Å². The first-order chi connectivity index (χ1) is 11.1. The van der Waals surface area contributed by atoms with Crippen LogP contribution in [0.25, 0.3) is 0 Å². The van der Waals surface area contributed by atoms with Gasteiger partial charge in [-0.1, -0.05) is 24.3 Å². The highest BCUT2D eigenvalue weighted by molar-refractivity contribution is 7.92. The van der Waals surface area contributed by atoms with E-state index in [4.69, 9.17) is 4.42 Å². The second kappa shape index (κ2) is 6.58. The van der Waals surface area contributed by atoms with Crippen LogP contribution in [0.4, 0.5) is 0 Å². The zero-order chi connectivity index (χ0) is 16.3. The van der Waals surface area contributed by atoms with Gasteiger partial charge in [0.2, 0.25) is 5.91 Å². The van der Waals surface area contributed by atoms with Gasteiger partial charge in [-0.25, -0.2) is 8.42 Å². The lowest BCUT2D eigenvalue weighted by atomic mass is 9.91. The van der Waals surface area contributed by atoms with Crippen molar-refractivity contribution in [3.05, 3.63) is 59.5 Å². The van der Waals surface area contributed by atoms with Gasteiger partial charge in [-0.05, 0) is 42.5 Å². The van der Waals surface area contributed by atoms with Crippen molar-refractivity contribution in [3.8, 4) is 0 Å². The second-order valence-electron chi connectivity index (χ2n) is 5.74. The highest BCUT2D eigenvalue weighted by Gasteiger charge is 2.32. The molecule has 2 aromatic rings. The average Bonchev–Trinajstić information content (AvgIpc) is 3.05. The van der Waals surface area contributed by atoms with Crippen LogP contribution in [0.15, 0.2) is 47.1 Å². The summed E-state index contributed by atoms with van der Waals surface area (Å²) in [6.45, 7) is 0.197. The van der Waals surface area contributed by atoms with Crippen molar-refractivity contribution in [2.75, 3.05) is 5.75 Å². The Labute approximate surface area is 135 Å². The molecule has 0 bridgehead atoms. The molecule has 5 nitrogen and oxygen atoms in total. The van der Waals surface area contributed by atoms with Crippen LogP contribution in [-0.2, 0) is 27.6 Å². The molecule has 1 aromatic heterocycles. The van der Waals surface area contributed by atoms with Crippen molar-refractivity contribution in [3.63, 3.8) is 0 Å². The van der Waals surface area contributed by atoms with E-state index in [9.17, 15) is 13.2 Å². The molecule has 1 amide bonds. The van der Waals surface area contributed by atoms with Crippen LogP contribution < -0.4 is 5.32 Å². The number of hydrogen-bond acceptors (Lipinski definition) is 4. The maximum absolute atomic E-state index is 12.6. The molecule has 3 rings (SSSR count). The van der Waals surface area contributed by atoms with Crippen molar-refractivity contribution in [1.29, 1.82) is 0 Å². The minimum absolute atomic E-state index is 0.197. The Morgan fingerprint density at radius 2 is 2.04 bits per heavy atom. The van der Waals surface area contributed by atoms with Crippen molar-refractivity contribution in [2.45, 2.75) is 31.1 Å². The SMILES string of the molecule is O=C(CS(=O)(=O)C1CCCc2ccccc21)NCc1ccco1. The fourth-order valence-electron chi connectivity index (χ4n) is 3.02. The Bertz CT molecular complexity index is 781. The van der Waals surface area contributed by atoms with Gasteiger partial charge in [0.15, 0.2) is 9.84 Å². The van der Waals surface area contributed by atoms with Crippen LogP contribution >= 0.6 is 0 Å². The highest BCUT2D eigenvalue weighted by atomic mass is 32.2. The number of benzene rings is 1. The van der Waals surface area contributed by atoms with E-state index in [1.807, 2.05) is 24.3 Å². The van der Waals surface area contributed by atoms with Gasteiger partial charge in [0.05, 0.1) is 18.1 Å². The van der Waals surface area contributed by atoms with E-state index < -0.39 is 26.7 Å². The van der Waals surface area contributed by atoms with Crippen molar-refractivity contribution < 1.29 is 17.6 Å². The van der Waals surface area contributed by atoms with Gasteiger partial charge in [0.1, 0.15) is 11.5 Å². The molecule has 6 heteroatoms. The predicted octanol–water partition coefficient (Wildman–Crippen LogP) is 2.39. The summed E-state index contributed by atoms with van der Waals surface area (Å²) in [6, 6.07) is 11.0. The first kappa shape index (κ1) is 15.8. The van der Waals surface area contributed by atoms with E-state index in [1.165, 1.54) is 6.26 Å². The number of hydrogen-bond donors (Lipinski definition) is 1. The fraction of sp³-hybridized carbons (Fsp3) is 0.353. The summed E-state index contributed by atoms with van der Waals surface area (Å²) < 4.78 is 30.4. The lowest BCUT2D eigenvalue weighted by molar-refractivity contribution is -0.118. The van der Waals surface area contributed by atoms with Crippen LogP contribution in [0.1, 0.15) is 35.0 Å². The number of furan rings is 1. The highest BCUT2D eigenvalue weighted by Crippen LogP contribution is 2.35. The van der Waals surface area contributed by atoms with E-state index >= 15 is 0 Å². The molecule has 1 N–H and O–H groups in total. The second-order valence-corrected chi connectivity index (χ2v) is 7.93. The van der Waals surface area contributed by atoms with Gasteiger partial charge in [-0.3, -0.25) is 4.79 Å². The molecule has 1 atom stereocenters. The summed E-state index contributed by atoms with van der Waals surface area (Å²) in [5, 5.41) is 2.01. The molecule has 122 valence electrons. The minimum Gasteiger partial charge on any atom is -0.467 e. The lowest BCUT2D eigenvalue weighted by Crippen LogP contribution is -2.32. The molecule has 1 aromatic carbocycles. The number of carbonyl (C=O) groups excluding carboxylic acids is 1. The summed E-state index contributed by atoms with van der Waals surface area (Å²) in [4.78, 5) is 12.0. The van der Waals surface area contributed by atoms with E-state index in [2.05, 4.69) is 5.32 Å². The van der Waals surface area contributed by atoms with Gasteiger partial charge in [-0.2, -0.15) is 0 Å². The number of amides is 1. The molecule has 1 aliphatic carbocycles. The summed E-state index contributed by atoms with van der Waals surface area (Å²) in [7, 11) is -3.53. The molecule has 0 spiro atoms. The number of rotatable bonds is 5. The smallest absolute Gasteiger partial charge is 0.235 e. The maximum Gasteiger partial charge on any atom is 0.235 e. The van der Waals surface area contributed by atoms with Gasteiger partial charge in [0, 0.05) is 0 Å². The topological polar surface area (TPSA) is 76.4 Å². The Kier molecular flexibility index (Phi) is 4.52. The number of sulfone groups is 1. The van der Waals surface area contributed by atoms with Crippen LogP contribution in [0.3, 0.4) is 0 Å². The van der Waals surface area contributed by atoms with E-state index in [0.717, 1.165) is 24.0 Å².